The van der Waals surface area contributed by atoms with Crippen molar-refractivity contribution < 1.29 is 10.2 Å². The maximum Gasteiger partial charge on any atom is 0.160 e. The van der Waals surface area contributed by atoms with Crippen molar-refractivity contribution in [2.75, 3.05) is 0 Å². The highest BCUT2D eigenvalue weighted by Gasteiger charge is 2.46. The van der Waals surface area contributed by atoms with Gasteiger partial charge in [0, 0.05) is 5.57 Å². The number of H-pyrrole nitrogens is 1. The number of aliphatic hydroxyl groups excluding tert-OH is 2. The molecule has 3 N–H and O–H groups in total. The van der Waals surface area contributed by atoms with Crippen molar-refractivity contribution in [1.82, 2.24) is 19.9 Å². The lowest BCUT2D eigenvalue weighted by atomic mass is 9.67. The van der Waals surface area contributed by atoms with Crippen LogP contribution in [0.25, 0.3) is 16.7 Å². The summed E-state index contributed by atoms with van der Waals surface area (Å²) in [6.07, 6.45) is 7.93. The van der Waals surface area contributed by atoms with Crippen LogP contribution in [0.2, 0.25) is 0 Å². The van der Waals surface area contributed by atoms with Crippen LogP contribution in [0.4, 0.5) is 0 Å². The van der Waals surface area contributed by atoms with E-state index in [0.29, 0.717) is 22.6 Å². The van der Waals surface area contributed by atoms with E-state index in [2.05, 4.69) is 21.9 Å². The Balaban J connectivity index is 1.86. The highest BCUT2D eigenvalue weighted by atomic mass is 16.3. The van der Waals surface area contributed by atoms with Crippen molar-refractivity contribution in [3.8, 4) is 0 Å². The zero-order valence-electron chi connectivity index (χ0n) is 16.8. The molecular weight excluding hydrogens is 364 g/mol. The lowest BCUT2D eigenvalue weighted by molar-refractivity contribution is 0.149. The third kappa shape index (κ3) is 3.34. The van der Waals surface area contributed by atoms with Gasteiger partial charge in [-0.25, -0.2) is 15.0 Å². The van der Waals surface area contributed by atoms with E-state index in [-0.39, 0.29) is 5.76 Å². The predicted molar refractivity (Wildman–Crippen MR) is 113 cm³/mol. The Labute approximate surface area is 170 Å². The van der Waals surface area contributed by atoms with Gasteiger partial charge in [0.15, 0.2) is 5.65 Å². The molecule has 0 fully saturated rings. The van der Waals surface area contributed by atoms with Crippen LogP contribution in [-0.2, 0) is 5.41 Å². The van der Waals surface area contributed by atoms with Crippen LogP contribution in [0, 0.1) is 0 Å². The number of imidazole rings is 1. The van der Waals surface area contributed by atoms with Crippen LogP contribution in [0.1, 0.15) is 50.9 Å². The number of aliphatic hydroxyl groups is 2. The van der Waals surface area contributed by atoms with Gasteiger partial charge in [-0.1, -0.05) is 55.7 Å². The van der Waals surface area contributed by atoms with Crippen molar-refractivity contribution in [2.45, 2.75) is 51.0 Å². The van der Waals surface area contributed by atoms with Gasteiger partial charge < -0.3 is 15.2 Å². The van der Waals surface area contributed by atoms with E-state index in [0.717, 1.165) is 36.8 Å². The standard InChI is InChI=1S/C23H26N4O2/c1-3-4-6-11-16-12-18(28)19(15-9-7-5-8-10-15)20(29)23(16,2)22-26-17-13-24-14-25-21(17)27-22/h5,7-10,12-14,20,28-29H,3-4,6,11H2,1-2H3,(H,24,25,26,27). The van der Waals surface area contributed by atoms with Gasteiger partial charge in [-0.2, -0.15) is 0 Å². The average Bonchev–Trinajstić information content (AvgIpc) is 3.17. The third-order valence-corrected chi connectivity index (χ3v) is 5.86. The average molecular weight is 390 g/mol. The van der Waals surface area contributed by atoms with Gasteiger partial charge in [0.1, 0.15) is 23.4 Å². The number of aromatic nitrogens is 4. The second-order valence-electron chi connectivity index (χ2n) is 7.74. The van der Waals surface area contributed by atoms with Crippen LogP contribution in [-0.4, -0.2) is 36.3 Å². The van der Waals surface area contributed by atoms with Crippen molar-refractivity contribution in [3.63, 3.8) is 0 Å². The maximum atomic E-state index is 11.6. The van der Waals surface area contributed by atoms with Gasteiger partial charge in [-0.05, 0) is 31.4 Å². The number of benzene rings is 1. The first-order valence-electron chi connectivity index (χ1n) is 10.1. The van der Waals surface area contributed by atoms with E-state index < -0.39 is 11.5 Å². The molecule has 0 radical (unpaired) electrons. The molecule has 0 amide bonds. The van der Waals surface area contributed by atoms with E-state index in [9.17, 15) is 10.2 Å². The van der Waals surface area contributed by atoms with E-state index >= 15 is 0 Å². The molecule has 0 saturated carbocycles. The molecule has 3 aromatic rings. The number of allylic oxidation sites excluding steroid dienone is 1. The van der Waals surface area contributed by atoms with Crippen molar-refractivity contribution in [2.24, 2.45) is 0 Å². The smallest absolute Gasteiger partial charge is 0.160 e. The summed E-state index contributed by atoms with van der Waals surface area (Å²) in [6.45, 7) is 4.14. The molecule has 2 aromatic heterocycles. The van der Waals surface area contributed by atoms with Crippen LogP contribution < -0.4 is 0 Å². The summed E-state index contributed by atoms with van der Waals surface area (Å²) in [6, 6.07) is 9.51. The lowest BCUT2D eigenvalue weighted by Gasteiger charge is -2.40. The SMILES string of the molecule is CCCCCC1=CC(O)=C(c2ccccc2)C(O)C1(C)c1nc2cncnc2[nH]1. The molecule has 29 heavy (non-hydrogen) atoms. The first-order valence-corrected chi connectivity index (χ1v) is 10.1. The molecule has 0 aliphatic heterocycles. The highest BCUT2D eigenvalue weighted by Crippen LogP contribution is 2.46. The zero-order valence-corrected chi connectivity index (χ0v) is 16.8. The van der Waals surface area contributed by atoms with Gasteiger partial charge in [-0.3, -0.25) is 0 Å². The molecule has 6 nitrogen and oxygen atoms in total. The van der Waals surface area contributed by atoms with Crippen LogP contribution in [0.15, 0.2) is 60.3 Å². The van der Waals surface area contributed by atoms with Crippen LogP contribution in [0.3, 0.4) is 0 Å². The number of nitrogens with one attached hydrogen (secondary N) is 1. The summed E-state index contributed by atoms with van der Waals surface area (Å²) >= 11 is 0. The van der Waals surface area contributed by atoms with Gasteiger partial charge >= 0.3 is 0 Å². The minimum atomic E-state index is -0.958. The molecule has 2 atom stereocenters. The number of nitrogens with zero attached hydrogens (tertiary/aromatic N) is 3. The molecule has 1 aliphatic rings. The number of rotatable bonds is 6. The molecule has 0 spiro atoms. The third-order valence-electron chi connectivity index (χ3n) is 5.86. The Kier molecular flexibility index (Phi) is 5.20. The first kappa shape index (κ1) is 19.3. The van der Waals surface area contributed by atoms with Crippen molar-refractivity contribution >= 4 is 16.7 Å². The minimum Gasteiger partial charge on any atom is -0.508 e. The van der Waals surface area contributed by atoms with Crippen LogP contribution >= 0.6 is 0 Å². The molecular formula is C23H26N4O2. The molecule has 4 rings (SSSR count). The summed E-state index contributed by atoms with van der Waals surface area (Å²) < 4.78 is 0. The van der Waals surface area contributed by atoms with E-state index in [1.165, 1.54) is 6.33 Å². The van der Waals surface area contributed by atoms with Gasteiger partial charge in [0.05, 0.1) is 17.7 Å². The molecule has 0 saturated heterocycles. The van der Waals surface area contributed by atoms with Gasteiger partial charge in [0.25, 0.3) is 0 Å². The zero-order chi connectivity index (χ0) is 20.4. The normalized spacial score (nSPS) is 22.2. The lowest BCUT2D eigenvalue weighted by Crippen LogP contribution is -2.43. The number of hydrogen-bond acceptors (Lipinski definition) is 5. The summed E-state index contributed by atoms with van der Waals surface area (Å²) in [4.78, 5) is 16.3. The van der Waals surface area contributed by atoms with E-state index in [1.54, 1.807) is 6.20 Å². The fourth-order valence-corrected chi connectivity index (χ4v) is 4.11. The molecule has 6 heteroatoms. The number of fused-ring (bicyclic) bond motifs is 1. The monoisotopic (exact) mass is 390 g/mol. The van der Waals surface area contributed by atoms with Gasteiger partial charge in [-0.15, -0.1) is 0 Å². The fraction of sp³-hybridized carbons (Fsp3) is 0.348. The fourth-order valence-electron chi connectivity index (χ4n) is 4.11. The van der Waals surface area contributed by atoms with E-state index in [4.69, 9.17) is 4.98 Å². The molecule has 2 heterocycles. The second kappa shape index (κ2) is 7.79. The Hall–Kier alpha value is -2.99. The summed E-state index contributed by atoms with van der Waals surface area (Å²) in [5.74, 6) is 0.743. The molecule has 1 aromatic carbocycles. The van der Waals surface area contributed by atoms with Crippen LogP contribution in [0.5, 0.6) is 0 Å². The Morgan fingerprint density at radius 2 is 1.97 bits per heavy atom. The van der Waals surface area contributed by atoms with Crippen molar-refractivity contribution in [3.05, 3.63) is 71.7 Å². The Morgan fingerprint density at radius 3 is 2.69 bits per heavy atom. The summed E-state index contributed by atoms with van der Waals surface area (Å²) in [5, 5.41) is 22.4. The van der Waals surface area contributed by atoms with Crippen molar-refractivity contribution in [1.29, 1.82) is 0 Å². The maximum absolute atomic E-state index is 11.6. The number of aromatic amines is 1. The van der Waals surface area contributed by atoms with E-state index in [1.807, 2.05) is 43.3 Å². The summed E-state index contributed by atoms with van der Waals surface area (Å²) in [7, 11) is 0. The Bertz CT molecular complexity index is 1040. The Morgan fingerprint density at radius 1 is 1.17 bits per heavy atom. The first-order chi connectivity index (χ1) is 14.1. The quantitative estimate of drug-likeness (QED) is 0.540. The topological polar surface area (TPSA) is 94.9 Å². The largest absolute Gasteiger partial charge is 0.508 e. The highest BCUT2D eigenvalue weighted by molar-refractivity contribution is 5.78. The molecule has 1 aliphatic carbocycles. The van der Waals surface area contributed by atoms with Gasteiger partial charge in [0.2, 0.25) is 0 Å². The number of unbranched alkanes of at least 4 members (excludes halogenated alkanes) is 2. The molecule has 0 bridgehead atoms. The predicted octanol–water partition coefficient (Wildman–Crippen LogP) is 4.46. The minimum absolute atomic E-state index is 0.114. The second-order valence-corrected chi connectivity index (χ2v) is 7.74. The summed E-state index contributed by atoms with van der Waals surface area (Å²) in [5.41, 5.74) is 2.75. The molecule has 150 valence electrons. The number of hydrogen-bond donors (Lipinski definition) is 3. The molecule has 2 unspecified atom stereocenters.